The molecule has 1 fully saturated rings. The van der Waals surface area contributed by atoms with E-state index in [1.54, 1.807) is 11.3 Å². The molecule has 0 saturated heterocycles. The molecule has 1 amide bonds. The van der Waals surface area contributed by atoms with Gasteiger partial charge in [0.25, 0.3) is 5.56 Å². The lowest BCUT2D eigenvalue weighted by atomic mass is 10.1. The molecule has 128 valence electrons. The van der Waals surface area contributed by atoms with Crippen molar-refractivity contribution in [2.75, 3.05) is 11.1 Å². The fourth-order valence-corrected chi connectivity index (χ4v) is 5.61. The molecular weight excluding hydrogens is 342 g/mol. The minimum atomic E-state index is -0.0824. The Morgan fingerprint density at radius 2 is 1.92 bits per heavy atom. The number of rotatable bonds is 2. The third kappa shape index (κ3) is 2.95. The largest absolute Gasteiger partial charge is 0.310 e. The van der Waals surface area contributed by atoms with Crippen molar-refractivity contribution in [2.24, 2.45) is 0 Å². The van der Waals surface area contributed by atoms with Gasteiger partial charge in [0.2, 0.25) is 5.91 Å². The van der Waals surface area contributed by atoms with Crippen molar-refractivity contribution in [3.63, 3.8) is 0 Å². The van der Waals surface area contributed by atoms with Gasteiger partial charge in [-0.3, -0.25) is 19.4 Å². The number of aromatic amines is 1. The molecular formula is C17H21N3O2S2. The third-order valence-corrected chi connectivity index (χ3v) is 6.87. The Morgan fingerprint density at radius 3 is 2.62 bits per heavy atom. The molecule has 0 spiro atoms. The summed E-state index contributed by atoms with van der Waals surface area (Å²) in [4.78, 5) is 25.0. The Hall–Kier alpha value is -1.47. The number of amides is 1. The van der Waals surface area contributed by atoms with Crippen molar-refractivity contribution in [2.45, 2.75) is 49.8 Å². The van der Waals surface area contributed by atoms with Crippen LogP contribution in [0.5, 0.6) is 0 Å². The van der Waals surface area contributed by atoms with Gasteiger partial charge in [-0.1, -0.05) is 25.7 Å². The predicted octanol–water partition coefficient (Wildman–Crippen LogP) is 3.91. The van der Waals surface area contributed by atoms with Gasteiger partial charge in [0.15, 0.2) is 0 Å². The van der Waals surface area contributed by atoms with Crippen molar-refractivity contribution in [3.05, 3.63) is 38.3 Å². The maximum absolute atomic E-state index is 12.7. The van der Waals surface area contributed by atoms with E-state index in [0.717, 1.165) is 18.4 Å². The molecule has 1 atom stereocenters. The fourth-order valence-electron chi connectivity index (χ4n) is 3.72. The number of hydrogen-bond donors (Lipinski definition) is 2. The summed E-state index contributed by atoms with van der Waals surface area (Å²) in [6, 6.07) is 2.32. The lowest BCUT2D eigenvalue weighted by Gasteiger charge is -2.19. The second-order valence-corrected chi connectivity index (χ2v) is 8.39. The Labute approximate surface area is 148 Å². The van der Waals surface area contributed by atoms with Crippen molar-refractivity contribution in [3.8, 4) is 0 Å². The highest BCUT2D eigenvalue weighted by atomic mass is 32.2. The summed E-state index contributed by atoms with van der Waals surface area (Å²) in [5.41, 5.74) is 1.74. The molecule has 2 aromatic heterocycles. The number of nitrogens with one attached hydrogen (secondary N) is 2. The molecule has 24 heavy (non-hydrogen) atoms. The van der Waals surface area contributed by atoms with Crippen LogP contribution in [0.1, 0.15) is 60.9 Å². The summed E-state index contributed by atoms with van der Waals surface area (Å²) in [6.45, 7) is 0. The van der Waals surface area contributed by atoms with Crippen LogP contribution in [0.2, 0.25) is 0 Å². The summed E-state index contributed by atoms with van der Waals surface area (Å²) in [7, 11) is 0. The molecule has 7 heteroatoms. The van der Waals surface area contributed by atoms with E-state index in [1.807, 2.05) is 16.1 Å². The van der Waals surface area contributed by atoms with Crippen LogP contribution in [0.4, 0.5) is 5.82 Å². The van der Waals surface area contributed by atoms with E-state index in [1.165, 1.54) is 37.4 Å². The molecule has 1 saturated carbocycles. The summed E-state index contributed by atoms with van der Waals surface area (Å²) < 4.78 is 1.95. The zero-order valence-corrected chi connectivity index (χ0v) is 15.0. The van der Waals surface area contributed by atoms with E-state index >= 15 is 0 Å². The van der Waals surface area contributed by atoms with Crippen LogP contribution in [-0.4, -0.2) is 21.4 Å². The normalized spacial score (nSPS) is 22.5. The van der Waals surface area contributed by atoms with Crippen LogP contribution in [0, 0.1) is 0 Å². The number of anilines is 1. The molecule has 0 bridgehead atoms. The number of hydrogen-bond acceptors (Lipinski definition) is 4. The minimum absolute atomic E-state index is 0.0275. The number of thioether (sulfide) groups is 1. The van der Waals surface area contributed by atoms with Crippen LogP contribution >= 0.6 is 23.1 Å². The van der Waals surface area contributed by atoms with Crippen molar-refractivity contribution >= 4 is 34.8 Å². The highest BCUT2D eigenvalue weighted by molar-refractivity contribution is 8.00. The number of carbonyl (C=O) groups excluding carboxylic acids is 1. The van der Waals surface area contributed by atoms with Gasteiger partial charge in [-0.2, -0.15) is 11.3 Å². The van der Waals surface area contributed by atoms with Gasteiger partial charge < -0.3 is 5.32 Å². The predicted molar refractivity (Wildman–Crippen MR) is 99.0 cm³/mol. The van der Waals surface area contributed by atoms with Crippen LogP contribution in [-0.2, 0) is 4.79 Å². The number of nitrogens with zero attached hydrogens (tertiary/aromatic N) is 1. The van der Waals surface area contributed by atoms with Gasteiger partial charge in [0, 0.05) is 0 Å². The highest BCUT2D eigenvalue weighted by Crippen LogP contribution is 2.42. The first kappa shape index (κ1) is 16.0. The zero-order valence-electron chi connectivity index (χ0n) is 13.4. The molecule has 1 aliphatic heterocycles. The average molecular weight is 364 g/mol. The van der Waals surface area contributed by atoms with E-state index in [9.17, 15) is 9.59 Å². The molecule has 2 aromatic rings. The molecule has 0 unspecified atom stereocenters. The van der Waals surface area contributed by atoms with Gasteiger partial charge in [0.1, 0.15) is 5.82 Å². The fraction of sp³-hybridized carbons (Fsp3) is 0.529. The van der Waals surface area contributed by atoms with Gasteiger partial charge >= 0.3 is 0 Å². The van der Waals surface area contributed by atoms with Gasteiger partial charge in [0.05, 0.1) is 22.6 Å². The van der Waals surface area contributed by atoms with E-state index < -0.39 is 0 Å². The molecule has 5 nitrogen and oxygen atoms in total. The first-order valence-electron chi connectivity index (χ1n) is 8.52. The minimum Gasteiger partial charge on any atom is -0.310 e. The molecule has 0 radical (unpaired) electrons. The Balaban J connectivity index is 1.80. The Morgan fingerprint density at radius 1 is 1.12 bits per heavy atom. The number of H-pyrrole nitrogens is 1. The van der Waals surface area contributed by atoms with Crippen molar-refractivity contribution < 1.29 is 4.79 Å². The summed E-state index contributed by atoms with van der Waals surface area (Å²) in [5.74, 6) is 1.04. The Bertz CT molecular complexity index is 770. The quantitative estimate of drug-likeness (QED) is 0.795. The second-order valence-electron chi connectivity index (χ2n) is 6.51. The SMILES string of the molecule is O=C1CS[C@H](c2ccsc2)c2c(n(C3CCCCCC3)[nH]c2=O)N1. The van der Waals surface area contributed by atoms with Crippen LogP contribution in [0.3, 0.4) is 0 Å². The molecule has 0 aromatic carbocycles. The van der Waals surface area contributed by atoms with Crippen LogP contribution in [0.15, 0.2) is 21.6 Å². The van der Waals surface area contributed by atoms with E-state index in [4.69, 9.17) is 0 Å². The lowest BCUT2D eigenvalue weighted by Crippen LogP contribution is -2.19. The first-order valence-corrected chi connectivity index (χ1v) is 10.5. The lowest BCUT2D eigenvalue weighted by molar-refractivity contribution is -0.113. The van der Waals surface area contributed by atoms with E-state index in [0.29, 0.717) is 17.1 Å². The topological polar surface area (TPSA) is 66.9 Å². The van der Waals surface area contributed by atoms with E-state index in [2.05, 4.69) is 15.8 Å². The third-order valence-electron chi connectivity index (χ3n) is 4.90. The first-order chi connectivity index (χ1) is 11.7. The Kier molecular flexibility index (Phi) is 4.54. The summed E-state index contributed by atoms with van der Waals surface area (Å²) in [6.07, 6.45) is 6.98. The van der Waals surface area contributed by atoms with E-state index in [-0.39, 0.29) is 22.8 Å². The highest BCUT2D eigenvalue weighted by Gasteiger charge is 2.32. The van der Waals surface area contributed by atoms with Gasteiger partial charge in [-0.05, 0) is 35.2 Å². The van der Waals surface area contributed by atoms with Crippen LogP contribution in [0.25, 0.3) is 0 Å². The van der Waals surface area contributed by atoms with Crippen molar-refractivity contribution in [1.29, 1.82) is 0 Å². The number of carbonyl (C=O) groups is 1. The zero-order chi connectivity index (χ0) is 16.5. The van der Waals surface area contributed by atoms with Crippen LogP contribution < -0.4 is 10.9 Å². The van der Waals surface area contributed by atoms with Gasteiger partial charge in [-0.15, -0.1) is 11.8 Å². The molecule has 1 aliphatic carbocycles. The standard InChI is InChI=1S/C17H21N3O2S2/c21-13-10-24-15(11-7-8-23-9-11)14-16(18-13)20(19-17(14)22)12-5-3-1-2-4-6-12/h7-9,12,15H,1-6,10H2,(H,18,21)(H,19,22)/t15-/m1/s1. The van der Waals surface area contributed by atoms with Crippen molar-refractivity contribution in [1.82, 2.24) is 9.78 Å². The van der Waals surface area contributed by atoms with Gasteiger partial charge in [-0.25, -0.2) is 0 Å². The smallest absolute Gasteiger partial charge is 0.270 e. The monoisotopic (exact) mass is 363 g/mol. The molecule has 2 aliphatic rings. The summed E-state index contributed by atoms with van der Waals surface area (Å²) in [5, 5.41) is 10.0. The average Bonchev–Trinajstić information content (AvgIpc) is 3.04. The number of fused-ring (bicyclic) bond motifs is 1. The number of aromatic nitrogens is 2. The molecule has 3 heterocycles. The molecule has 2 N–H and O–H groups in total. The summed E-state index contributed by atoms with van der Waals surface area (Å²) >= 11 is 3.15. The maximum atomic E-state index is 12.7. The number of thiophene rings is 1. The maximum Gasteiger partial charge on any atom is 0.270 e. The molecule has 4 rings (SSSR count). The second kappa shape index (κ2) is 6.80.